The van der Waals surface area contributed by atoms with Crippen molar-refractivity contribution in [3.05, 3.63) is 57.8 Å². The van der Waals surface area contributed by atoms with Gasteiger partial charge in [0.25, 0.3) is 0 Å². The number of aliphatic hydroxyl groups excluding tert-OH is 1. The van der Waals surface area contributed by atoms with Gasteiger partial charge in [-0.05, 0) is 43.5 Å². The first-order chi connectivity index (χ1) is 12.5. The molecule has 4 nitrogen and oxygen atoms in total. The second-order valence-corrected chi connectivity index (χ2v) is 7.64. The molecule has 26 heavy (non-hydrogen) atoms. The van der Waals surface area contributed by atoms with Crippen molar-refractivity contribution < 1.29 is 19.8 Å². The third kappa shape index (κ3) is 4.40. The van der Waals surface area contributed by atoms with Crippen molar-refractivity contribution in [2.24, 2.45) is 11.8 Å². The van der Waals surface area contributed by atoms with Gasteiger partial charge in [0.2, 0.25) is 0 Å². The van der Waals surface area contributed by atoms with Crippen LogP contribution in [-0.4, -0.2) is 28.1 Å². The number of hydrogen-bond acceptors (Lipinski definition) is 4. The van der Waals surface area contributed by atoms with Crippen LogP contribution in [0.5, 0.6) is 0 Å². The van der Waals surface area contributed by atoms with Crippen LogP contribution < -0.4 is 0 Å². The quantitative estimate of drug-likeness (QED) is 0.794. The number of aryl methyl sites for hydroxylation is 1. The summed E-state index contributed by atoms with van der Waals surface area (Å²) in [5.41, 5.74) is 0.873. The van der Waals surface area contributed by atoms with Crippen molar-refractivity contribution in [2.75, 3.05) is 0 Å². The number of thiophene rings is 1. The molecule has 1 heterocycles. The molecule has 134 valence electrons. The molecule has 2 aromatic rings. The van der Waals surface area contributed by atoms with Crippen LogP contribution >= 0.6 is 11.3 Å². The summed E-state index contributed by atoms with van der Waals surface area (Å²) in [6, 6.07) is 13.0. The number of benzene rings is 1. The van der Waals surface area contributed by atoms with Crippen LogP contribution in [0.2, 0.25) is 0 Å². The van der Waals surface area contributed by atoms with E-state index in [-0.39, 0.29) is 24.0 Å². The number of carboxylic acid groups (broad SMARTS) is 1. The van der Waals surface area contributed by atoms with Gasteiger partial charge in [-0.25, -0.2) is 4.79 Å². The van der Waals surface area contributed by atoms with Crippen LogP contribution in [0.1, 0.15) is 39.4 Å². The Hall–Kier alpha value is -2.42. The van der Waals surface area contributed by atoms with Crippen molar-refractivity contribution in [3.63, 3.8) is 0 Å². The smallest absolute Gasteiger partial charge is 0.345 e. The van der Waals surface area contributed by atoms with E-state index in [1.54, 1.807) is 6.07 Å². The van der Waals surface area contributed by atoms with Gasteiger partial charge < -0.3 is 10.2 Å². The van der Waals surface area contributed by atoms with Gasteiger partial charge in [0.15, 0.2) is 0 Å². The van der Waals surface area contributed by atoms with Gasteiger partial charge in [-0.2, -0.15) is 0 Å². The Bertz CT molecular complexity index is 844. The molecular formula is C21H20O4S. The van der Waals surface area contributed by atoms with Crippen LogP contribution in [0, 0.1) is 23.7 Å². The van der Waals surface area contributed by atoms with Crippen LogP contribution in [0.4, 0.5) is 0 Å². The van der Waals surface area contributed by atoms with E-state index in [1.807, 2.05) is 36.4 Å². The average Bonchev–Trinajstić information content (AvgIpc) is 3.19. The summed E-state index contributed by atoms with van der Waals surface area (Å²) in [5, 5.41) is 19.2. The maximum Gasteiger partial charge on any atom is 0.345 e. The Labute approximate surface area is 156 Å². The molecule has 1 aromatic heterocycles. The molecule has 1 aliphatic rings. The minimum Gasteiger partial charge on any atom is -0.477 e. The second-order valence-electron chi connectivity index (χ2n) is 6.47. The summed E-state index contributed by atoms with van der Waals surface area (Å²) in [6.07, 6.45) is 1.62. The van der Waals surface area contributed by atoms with E-state index in [0.717, 1.165) is 23.3 Å². The molecule has 0 unspecified atom stereocenters. The van der Waals surface area contributed by atoms with Gasteiger partial charge in [0.05, 0.1) is 12.0 Å². The number of aromatic carboxylic acids is 1. The van der Waals surface area contributed by atoms with Crippen LogP contribution in [0.15, 0.2) is 42.5 Å². The summed E-state index contributed by atoms with van der Waals surface area (Å²) in [5.74, 6) is 4.74. The average molecular weight is 368 g/mol. The molecule has 1 aliphatic carbocycles. The van der Waals surface area contributed by atoms with E-state index in [1.165, 1.54) is 11.3 Å². The Morgan fingerprint density at radius 2 is 1.96 bits per heavy atom. The van der Waals surface area contributed by atoms with E-state index in [9.17, 15) is 14.7 Å². The standard InChI is InChI=1S/C21H20O4S/c22-18-13-19(23)17(11-9-14-5-2-1-3-6-14)16(18)8-4-7-15-10-12-20(26-15)21(24)25/h1-3,5-6,10,12,16-17,19,23H,4,7-8,13H2,(H,24,25)/t16-,17-,19-/m1/s1. The van der Waals surface area contributed by atoms with Gasteiger partial charge >= 0.3 is 5.97 Å². The summed E-state index contributed by atoms with van der Waals surface area (Å²) in [4.78, 5) is 24.5. The predicted octanol–water partition coefficient (Wildman–Crippen LogP) is 3.39. The number of ketones is 1. The first kappa shape index (κ1) is 18.4. The maximum atomic E-state index is 12.2. The first-order valence-electron chi connectivity index (χ1n) is 8.64. The van der Waals surface area contributed by atoms with E-state index >= 15 is 0 Å². The summed E-state index contributed by atoms with van der Waals surface area (Å²) >= 11 is 1.27. The van der Waals surface area contributed by atoms with Gasteiger partial charge in [-0.15, -0.1) is 11.3 Å². The second kappa shape index (κ2) is 8.31. The van der Waals surface area contributed by atoms with Crippen LogP contribution in [0.25, 0.3) is 0 Å². The number of carbonyl (C=O) groups is 2. The lowest BCUT2D eigenvalue weighted by Crippen LogP contribution is -2.19. The molecule has 1 fully saturated rings. The number of hydrogen-bond donors (Lipinski definition) is 2. The number of carbonyl (C=O) groups excluding carboxylic acids is 1. The molecule has 0 radical (unpaired) electrons. The highest BCUT2D eigenvalue weighted by molar-refractivity contribution is 7.13. The zero-order valence-electron chi connectivity index (χ0n) is 14.2. The Balaban J connectivity index is 1.62. The Morgan fingerprint density at radius 1 is 1.19 bits per heavy atom. The van der Waals surface area contributed by atoms with Crippen molar-refractivity contribution in [1.29, 1.82) is 0 Å². The molecule has 0 spiro atoms. The molecule has 3 atom stereocenters. The molecule has 1 aromatic carbocycles. The first-order valence-corrected chi connectivity index (χ1v) is 9.45. The highest BCUT2D eigenvalue weighted by Crippen LogP contribution is 2.33. The molecular weight excluding hydrogens is 348 g/mol. The highest BCUT2D eigenvalue weighted by atomic mass is 32.1. The SMILES string of the molecule is O=C(O)c1ccc(CCC[C@H]2C(=O)C[C@@H](O)[C@@H]2C#Cc2ccccc2)s1. The van der Waals surface area contributed by atoms with E-state index in [4.69, 9.17) is 5.11 Å². The largest absolute Gasteiger partial charge is 0.477 e. The summed E-state index contributed by atoms with van der Waals surface area (Å²) < 4.78 is 0. The lowest BCUT2D eigenvalue weighted by atomic mass is 9.89. The van der Waals surface area contributed by atoms with Gasteiger partial charge in [-0.3, -0.25) is 4.79 Å². The molecule has 0 saturated heterocycles. The topological polar surface area (TPSA) is 74.6 Å². The fraction of sp³-hybridized carbons (Fsp3) is 0.333. The lowest BCUT2D eigenvalue weighted by molar-refractivity contribution is -0.121. The number of rotatable bonds is 5. The predicted molar refractivity (Wildman–Crippen MR) is 100 cm³/mol. The fourth-order valence-electron chi connectivity index (χ4n) is 3.30. The van der Waals surface area contributed by atoms with Crippen LogP contribution in [0.3, 0.4) is 0 Å². The molecule has 3 rings (SSSR count). The Morgan fingerprint density at radius 3 is 2.65 bits per heavy atom. The van der Waals surface area contributed by atoms with Gasteiger partial charge in [0, 0.05) is 22.8 Å². The zero-order chi connectivity index (χ0) is 18.5. The molecule has 2 N–H and O–H groups in total. The molecule has 0 bridgehead atoms. The third-order valence-corrected chi connectivity index (χ3v) is 5.77. The normalized spacial score (nSPS) is 22.0. The van der Waals surface area contributed by atoms with Crippen LogP contribution in [-0.2, 0) is 11.2 Å². The maximum absolute atomic E-state index is 12.2. The number of aliphatic hydroxyl groups is 1. The molecule has 0 aliphatic heterocycles. The number of carboxylic acids is 1. The fourth-order valence-corrected chi connectivity index (χ4v) is 4.19. The Kier molecular flexibility index (Phi) is 5.87. The van der Waals surface area contributed by atoms with Gasteiger partial charge in [0.1, 0.15) is 10.7 Å². The highest BCUT2D eigenvalue weighted by Gasteiger charge is 2.40. The minimum atomic E-state index is -0.911. The molecule has 1 saturated carbocycles. The number of Topliss-reactive ketones (excluding diaryl/α,β-unsaturated/α-hetero) is 1. The third-order valence-electron chi connectivity index (χ3n) is 4.64. The lowest BCUT2D eigenvalue weighted by Gasteiger charge is -2.15. The monoisotopic (exact) mass is 368 g/mol. The molecule has 0 amide bonds. The van der Waals surface area contributed by atoms with E-state index in [2.05, 4.69) is 11.8 Å². The van der Waals surface area contributed by atoms with E-state index in [0.29, 0.717) is 11.3 Å². The van der Waals surface area contributed by atoms with Crippen molar-refractivity contribution in [1.82, 2.24) is 0 Å². The van der Waals surface area contributed by atoms with Crippen molar-refractivity contribution in [3.8, 4) is 11.8 Å². The summed E-state index contributed by atoms with van der Waals surface area (Å²) in [7, 11) is 0. The van der Waals surface area contributed by atoms with Crippen molar-refractivity contribution in [2.45, 2.75) is 31.8 Å². The minimum absolute atomic E-state index is 0.0715. The van der Waals surface area contributed by atoms with Crippen molar-refractivity contribution >= 4 is 23.1 Å². The summed E-state index contributed by atoms with van der Waals surface area (Å²) in [6.45, 7) is 0. The van der Waals surface area contributed by atoms with E-state index < -0.39 is 12.1 Å². The zero-order valence-corrected chi connectivity index (χ0v) is 15.0. The van der Waals surface area contributed by atoms with Gasteiger partial charge in [-0.1, -0.05) is 30.0 Å². The molecule has 5 heteroatoms.